The predicted molar refractivity (Wildman–Crippen MR) is 60.3 cm³/mol. The molecule has 17 heavy (non-hydrogen) atoms. The van der Waals surface area contributed by atoms with Crippen LogP contribution in [0, 0.1) is 0 Å². The Labute approximate surface area is 99.4 Å². The zero-order chi connectivity index (χ0) is 13.1. The van der Waals surface area contributed by atoms with Gasteiger partial charge in [0.2, 0.25) is 0 Å². The molecule has 0 saturated carbocycles. The third-order valence-electron chi connectivity index (χ3n) is 2.24. The Morgan fingerprint density at radius 1 is 1.53 bits per heavy atom. The number of hydrogen-bond acceptors (Lipinski definition) is 3. The molecule has 0 aliphatic carbocycles. The van der Waals surface area contributed by atoms with Gasteiger partial charge in [0, 0.05) is 11.5 Å². The quantitative estimate of drug-likeness (QED) is 0.404. The van der Waals surface area contributed by atoms with Crippen molar-refractivity contribution in [3.05, 3.63) is 10.4 Å². The second-order valence-electron chi connectivity index (χ2n) is 5.08. The van der Waals surface area contributed by atoms with Crippen molar-refractivity contribution in [2.45, 2.75) is 45.0 Å². The largest absolute Gasteiger partial charge is 0.444 e. The van der Waals surface area contributed by atoms with E-state index in [0.29, 0.717) is 0 Å². The molecular weight excluding hydrogens is 227 g/mol. The third kappa shape index (κ3) is 4.48. The fraction of sp³-hybridized carbons (Fsp3) is 0.900. The van der Waals surface area contributed by atoms with Crippen molar-refractivity contribution in [2.24, 2.45) is 5.11 Å². The van der Waals surface area contributed by atoms with Crippen LogP contribution in [-0.4, -0.2) is 41.9 Å². The number of alkyl halides is 1. The second kappa shape index (κ2) is 5.23. The lowest BCUT2D eigenvalue weighted by atomic mass is 10.1. The SMILES string of the molecule is CC(C)(C)OC(=O)N1CC(F)CC(N=[N+]=[N-])C1. The molecule has 0 radical (unpaired) electrons. The number of amides is 1. The monoisotopic (exact) mass is 244 g/mol. The van der Waals surface area contributed by atoms with Crippen LogP contribution in [0.4, 0.5) is 9.18 Å². The van der Waals surface area contributed by atoms with E-state index in [1.807, 2.05) is 0 Å². The highest BCUT2D eigenvalue weighted by molar-refractivity contribution is 5.68. The van der Waals surface area contributed by atoms with E-state index in [1.54, 1.807) is 20.8 Å². The lowest BCUT2D eigenvalue weighted by Gasteiger charge is -2.34. The molecule has 0 aromatic heterocycles. The van der Waals surface area contributed by atoms with Crippen LogP contribution < -0.4 is 0 Å². The molecule has 2 atom stereocenters. The molecule has 1 saturated heterocycles. The van der Waals surface area contributed by atoms with Gasteiger partial charge in [0.05, 0.1) is 12.6 Å². The molecule has 1 aliphatic heterocycles. The summed E-state index contributed by atoms with van der Waals surface area (Å²) in [5.41, 5.74) is 7.70. The molecule has 96 valence electrons. The van der Waals surface area contributed by atoms with Gasteiger partial charge in [-0.3, -0.25) is 0 Å². The number of carbonyl (C=O) groups is 1. The summed E-state index contributed by atoms with van der Waals surface area (Å²) in [6.07, 6.45) is -1.59. The number of ether oxygens (including phenoxy) is 1. The van der Waals surface area contributed by atoms with Crippen LogP contribution in [0.5, 0.6) is 0 Å². The number of nitrogens with zero attached hydrogens (tertiary/aromatic N) is 4. The number of hydrogen-bond donors (Lipinski definition) is 0. The molecule has 1 rings (SSSR count). The molecule has 1 aliphatic rings. The maximum atomic E-state index is 13.4. The third-order valence-corrected chi connectivity index (χ3v) is 2.24. The van der Waals surface area contributed by atoms with Crippen molar-refractivity contribution in [1.82, 2.24) is 4.90 Å². The van der Waals surface area contributed by atoms with E-state index in [-0.39, 0.29) is 19.5 Å². The standard InChI is InChI=1S/C10H17FN4O2/c1-10(2,3)17-9(16)15-5-7(11)4-8(6-15)13-14-12/h7-8H,4-6H2,1-3H3. The molecule has 0 bridgehead atoms. The van der Waals surface area contributed by atoms with Gasteiger partial charge in [0.1, 0.15) is 11.8 Å². The smallest absolute Gasteiger partial charge is 0.410 e. The van der Waals surface area contributed by atoms with Gasteiger partial charge in [-0.05, 0) is 32.7 Å². The highest BCUT2D eigenvalue weighted by Crippen LogP contribution is 2.19. The summed E-state index contributed by atoms with van der Waals surface area (Å²) in [6, 6.07) is -0.517. The van der Waals surface area contributed by atoms with E-state index in [9.17, 15) is 9.18 Å². The molecule has 0 aromatic carbocycles. The van der Waals surface area contributed by atoms with Crippen LogP contribution in [0.15, 0.2) is 5.11 Å². The van der Waals surface area contributed by atoms with E-state index >= 15 is 0 Å². The first-order chi connectivity index (χ1) is 7.81. The lowest BCUT2D eigenvalue weighted by molar-refractivity contribution is 0.0115. The summed E-state index contributed by atoms with van der Waals surface area (Å²) >= 11 is 0. The van der Waals surface area contributed by atoms with Crippen molar-refractivity contribution >= 4 is 6.09 Å². The van der Waals surface area contributed by atoms with Gasteiger partial charge in [-0.1, -0.05) is 5.11 Å². The van der Waals surface area contributed by atoms with Gasteiger partial charge in [-0.2, -0.15) is 0 Å². The number of carbonyl (C=O) groups excluding carboxylic acids is 1. The Hall–Kier alpha value is -1.49. The Kier molecular flexibility index (Phi) is 4.17. The molecule has 6 nitrogen and oxygen atoms in total. The number of azide groups is 1. The molecular formula is C10H17FN4O2. The summed E-state index contributed by atoms with van der Waals surface area (Å²) < 4.78 is 18.5. The normalized spacial score (nSPS) is 25.1. The highest BCUT2D eigenvalue weighted by Gasteiger charge is 2.31. The number of rotatable bonds is 1. The molecule has 0 aromatic rings. The van der Waals surface area contributed by atoms with Crippen LogP contribution in [0.25, 0.3) is 10.4 Å². The number of likely N-dealkylation sites (tertiary alicyclic amines) is 1. The minimum absolute atomic E-state index is 0.00758. The Morgan fingerprint density at radius 2 is 2.18 bits per heavy atom. The average molecular weight is 244 g/mol. The topological polar surface area (TPSA) is 78.3 Å². The van der Waals surface area contributed by atoms with Crippen LogP contribution in [0.3, 0.4) is 0 Å². The summed E-state index contributed by atoms with van der Waals surface area (Å²) in [7, 11) is 0. The number of halogens is 1. The Balaban J connectivity index is 2.64. The fourth-order valence-electron chi connectivity index (χ4n) is 1.64. The Morgan fingerprint density at radius 3 is 2.71 bits per heavy atom. The van der Waals surface area contributed by atoms with Gasteiger partial charge in [-0.25, -0.2) is 9.18 Å². The second-order valence-corrected chi connectivity index (χ2v) is 5.08. The summed E-state index contributed by atoms with van der Waals surface area (Å²) in [5.74, 6) is 0. The zero-order valence-electron chi connectivity index (χ0n) is 10.3. The van der Waals surface area contributed by atoms with Crippen LogP contribution in [-0.2, 0) is 4.74 Å². The molecule has 1 fully saturated rings. The van der Waals surface area contributed by atoms with Gasteiger partial charge in [0.25, 0.3) is 0 Å². The molecule has 1 amide bonds. The van der Waals surface area contributed by atoms with Crippen LogP contribution in [0.1, 0.15) is 27.2 Å². The molecule has 7 heteroatoms. The highest BCUT2D eigenvalue weighted by atomic mass is 19.1. The maximum Gasteiger partial charge on any atom is 0.410 e. The summed E-state index contributed by atoms with van der Waals surface area (Å²) in [5, 5.41) is 3.45. The summed E-state index contributed by atoms with van der Waals surface area (Å²) in [6.45, 7) is 5.43. The van der Waals surface area contributed by atoms with Crippen LogP contribution >= 0.6 is 0 Å². The van der Waals surface area contributed by atoms with Crippen molar-refractivity contribution in [2.75, 3.05) is 13.1 Å². The molecule has 0 N–H and O–H groups in total. The van der Waals surface area contributed by atoms with Gasteiger partial charge in [0.15, 0.2) is 0 Å². The minimum atomic E-state index is -1.17. The Bertz CT molecular complexity index is 336. The van der Waals surface area contributed by atoms with Gasteiger partial charge in [-0.15, -0.1) is 0 Å². The van der Waals surface area contributed by atoms with E-state index in [4.69, 9.17) is 10.3 Å². The minimum Gasteiger partial charge on any atom is -0.444 e. The van der Waals surface area contributed by atoms with Crippen molar-refractivity contribution in [3.8, 4) is 0 Å². The number of piperidine rings is 1. The van der Waals surface area contributed by atoms with Crippen molar-refractivity contribution in [1.29, 1.82) is 0 Å². The van der Waals surface area contributed by atoms with Gasteiger partial charge < -0.3 is 9.64 Å². The van der Waals surface area contributed by atoms with E-state index in [2.05, 4.69) is 10.0 Å². The first-order valence-corrected chi connectivity index (χ1v) is 5.48. The first-order valence-electron chi connectivity index (χ1n) is 5.48. The van der Waals surface area contributed by atoms with Crippen molar-refractivity contribution in [3.63, 3.8) is 0 Å². The van der Waals surface area contributed by atoms with E-state index < -0.39 is 23.9 Å². The lowest BCUT2D eigenvalue weighted by Crippen LogP contribution is -2.48. The van der Waals surface area contributed by atoms with E-state index in [0.717, 1.165) is 0 Å². The average Bonchev–Trinajstić information content (AvgIpc) is 2.14. The predicted octanol–water partition coefficient (Wildman–Crippen LogP) is 2.64. The fourth-order valence-corrected chi connectivity index (χ4v) is 1.64. The molecule has 0 spiro atoms. The maximum absolute atomic E-state index is 13.4. The van der Waals surface area contributed by atoms with Crippen molar-refractivity contribution < 1.29 is 13.9 Å². The van der Waals surface area contributed by atoms with Gasteiger partial charge >= 0.3 is 6.09 Å². The zero-order valence-corrected chi connectivity index (χ0v) is 10.3. The first kappa shape index (κ1) is 13.6. The van der Waals surface area contributed by atoms with Crippen LogP contribution in [0.2, 0.25) is 0 Å². The molecule has 1 heterocycles. The van der Waals surface area contributed by atoms with E-state index in [1.165, 1.54) is 4.90 Å². The summed E-state index contributed by atoms with van der Waals surface area (Å²) in [4.78, 5) is 15.6. The molecule has 2 unspecified atom stereocenters.